The van der Waals surface area contributed by atoms with Gasteiger partial charge in [0.05, 0.1) is 0 Å². The molecule has 0 amide bonds. The molecule has 1 aliphatic rings. The minimum absolute atomic E-state index is 0.905. The van der Waals surface area contributed by atoms with Crippen LogP contribution in [0, 0.1) is 5.92 Å². The molecule has 0 bridgehead atoms. The van der Waals surface area contributed by atoms with Crippen molar-refractivity contribution in [2.45, 2.75) is 32.6 Å². The fourth-order valence-corrected chi connectivity index (χ4v) is 3.03. The lowest BCUT2D eigenvalue weighted by Gasteiger charge is -2.20. The highest BCUT2D eigenvalue weighted by molar-refractivity contribution is 5.70. The quantitative estimate of drug-likeness (QED) is 0.641. The summed E-state index contributed by atoms with van der Waals surface area (Å²) in [5, 5.41) is 0. The van der Waals surface area contributed by atoms with Gasteiger partial charge in [0.1, 0.15) is 0 Å². The summed E-state index contributed by atoms with van der Waals surface area (Å²) in [6, 6.07) is 19.6. The van der Waals surface area contributed by atoms with E-state index in [0.29, 0.717) is 0 Å². The highest BCUT2D eigenvalue weighted by atomic mass is 14.2. The summed E-state index contributed by atoms with van der Waals surface area (Å²) < 4.78 is 0. The molecule has 102 valence electrons. The van der Waals surface area contributed by atoms with E-state index in [1.807, 2.05) is 0 Å². The van der Waals surface area contributed by atoms with Gasteiger partial charge in [-0.15, -0.1) is 0 Å². The van der Waals surface area contributed by atoms with Crippen molar-refractivity contribution in [2.75, 3.05) is 0 Å². The highest BCUT2D eigenvalue weighted by Gasteiger charge is 2.13. The van der Waals surface area contributed by atoms with Crippen LogP contribution in [-0.2, 0) is 0 Å². The lowest BCUT2D eigenvalue weighted by molar-refractivity contribution is 0.471. The summed E-state index contributed by atoms with van der Waals surface area (Å²) >= 11 is 0. The minimum Gasteiger partial charge on any atom is -0.0804 e. The molecule has 0 saturated heterocycles. The Kier molecular flexibility index (Phi) is 4.01. The fourth-order valence-electron chi connectivity index (χ4n) is 3.03. The van der Waals surface area contributed by atoms with Gasteiger partial charge in [-0.25, -0.2) is 0 Å². The van der Waals surface area contributed by atoms with Gasteiger partial charge in [0, 0.05) is 0 Å². The molecule has 0 N–H and O–H groups in total. The first-order chi connectivity index (χ1) is 9.86. The van der Waals surface area contributed by atoms with Crippen LogP contribution in [0.5, 0.6) is 0 Å². The molecule has 3 rings (SSSR count). The molecule has 0 fully saturated rings. The van der Waals surface area contributed by atoms with E-state index in [1.165, 1.54) is 47.9 Å². The number of hydrogen-bond acceptors (Lipinski definition) is 0. The third kappa shape index (κ3) is 2.85. The van der Waals surface area contributed by atoms with Crippen molar-refractivity contribution in [3.05, 3.63) is 66.2 Å². The molecule has 0 heterocycles. The summed E-state index contributed by atoms with van der Waals surface area (Å²) in [5.74, 6) is 0.905. The van der Waals surface area contributed by atoms with Gasteiger partial charge in [0.15, 0.2) is 0 Å². The van der Waals surface area contributed by atoms with Crippen molar-refractivity contribution in [1.29, 1.82) is 0 Å². The van der Waals surface area contributed by atoms with Crippen molar-refractivity contribution in [3.63, 3.8) is 0 Å². The van der Waals surface area contributed by atoms with Gasteiger partial charge in [-0.2, -0.15) is 0 Å². The Morgan fingerprint density at radius 1 is 0.850 bits per heavy atom. The van der Waals surface area contributed by atoms with Crippen LogP contribution < -0.4 is 0 Å². The van der Waals surface area contributed by atoms with Crippen molar-refractivity contribution in [3.8, 4) is 11.1 Å². The van der Waals surface area contributed by atoms with Crippen LogP contribution in [0.4, 0.5) is 0 Å². The number of benzene rings is 2. The summed E-state index contributed by atoms with van der Waals surface area (Å²) in [4.78, 5) is 0. The predicted molar refractivity (Wildman–Crippen MR) is 87.5 cm³/mol. The van der Waals surface area contributed by atoms with Crippen molar-refractivity contribution >= 4 is 5.57 Å². The normalized spacial score (nSPS) is 18.6. The molecule has 2 aromatic rings. The van der Waals surface area contributed by atoms with Gasteiger partial charge < -0.3 is 0 Å². The van der Waals surface area contributed by atoms with E-state index in [1.54, 1.807) is 0 Å². The molecular formula is C20H22. The van der Waals surface area contributed by atoms with Gasteiger partial charge in [0.25, 0.3) is 0 Å². The monoisotopic (exact) mass is 262 g/mol. The average Bonchev–Trinajstić information content (AvgIpc) is 2.56. The first-order valence-electron chi connectivity index (χ1n) is 7.71. The second-order valence-electron chi connectivity index (χ2n) is 5.72. The van der Waals surface area contributed by atoms with E-state index in [2.05, 4.69) is 67.6 Å². The molecule has 1 unspecified atom stereocenters. The molecule has 0 heteroatoms. The van der Waals surface area contributed by atoms with E-state index >= 15 is 0 Å². The molecule has 0 saturated carbocycles. The second-order valence-corrected chi connectivity index (χ2v) is 5.72. The van der Waals surface area contributed by atoms with Crippen LogP contribution >= 0.6 is 0 Å². The molecule has 0 aromatic heterocycles. The maximum Gasteiger partial charge on any atom is -0.0184 e. The lowest BCUT2D eigenvalue weighted by Crippen LogP contribution is -2.03. The molecular weight excluding hydrogens is 240 g/mol. The van der Waals surface area contributed by atoms with E-state index in [9.17, 15) is 0 Å². The highest BCUT2D eigenvalue weighted by Crippen LogP contribution is 2.32. The summed E-state index contributed by atoms with van der Waals surface area (Å²) in [6.45, 7) is 2.30. The summed E-state index contributed by atoms with van der Waals surface area (Å²) in [5.41, 5.74) is 5.54. The third-order valence-electron chi connectivity index (χ3n) is 4.46. The Bertz CT molecular complexity index is 575. The minimum atomic E-state index is 0.905. The Balaban J connectivity index is 1.79. The van der Waals surface area contributed by atoms with E-state index < -0.39 is 0 Å². The lowest BCUT2D eigenvalue weighted by atomic mass is 9.85. The van der Waals surface area contributed by atoms with E-state index in [4.69, 9.17) is 0 Å². The predicted octanol–water partition coefficient (Wildman–Crippen LogP) is 5.95. The SMILES string of the molecule is CCC1CC=C(c2ccc(-c3ccccc3)cc2)CC1. The Morgan fingerprint density at radius 3 is 2.10 bits per heavy atom. The van der Waals surface area contributed by atoms with Gasteiger partial charge in [-0.3, -0.25) is 0 Å². The molecule has 2 aromatic carbocycles. The maximum atomic E-state index is 2.45. The van der Waals surface area contributed by atoms with Crippen LogP contribution in [0.2, 0.25) is 0 Å². The summed E-state index contributed by atoms with van der Waals surface area (Å²) in [7, 11) is 0. The molecule has 0 aliphatic heterocycles. The zero-order valence-corrected chi connectivity index (χ0v) is 12.2. The van der Waals surface area contributed by atoms with E-state index in [-0.39, 0.29) is 0 Å². The number of rotatable bonds is 3. The van der Waals surface area contributed by atoms with Crippen LogP contribution in [0.25, 0.3) is 16.7 Å². The molecule has 0 spiro atoms. The molecule has 1 aliphatic carbocycles. The van der Waals surface area contributed by atoms with Gasteiger partial charge >= 0.3 is 0 Å². The Morgan fingerprint density at radius 2 is 1.50 bits per heavy atom. The van der Waals surface area contributed by atoms with Crippen LogP contribution in [0.3, 0.4) is 0 Å². The summed E-state index contributed by atoms with van der Waals surface area (Å²) in [6.07, 6.45) is 7.62. The number of hydrogen-bond donors (Lipinski definition) is 0. The zero-order chi connectivity index (χ0) is 13.8. The topological polar surface area (TPSA) is 0 Å². The number of allylic oxidation sites excluding steroid dienone is 2. The van der Waals surface area contributed by atoms with Gasteiger partial charge in [-0.1, -0.05) is 74.0 Å². The zero-order valence-electron chi connectivity index (χ0n) is 12.2. The Labute approximate surface area is 122 Å². The van der Waals surface area contributed by atoms with Crippen molar-refractivity contribution in [1.82, 2.24) is 0 Å². The van der Waals surface area contributed by atoms with Gasteiger partial charge in [-0.05, 0) is 47.4 Å². The largest absolute Gasteiger partial charge is 0.0804 e. The van der Waals surface area contributed by atoms with Crippen LogP contribution in [0.1, 0.15) is 38.2 Å². The Hall–Kier alpha value is -1.82. The first-order valence-corrected chi connectivity index (χ1v) is 7.71. The van der Waals surface area contributed by atoms with E-state index in [0.717, 1.165) is 5.92 Å². The van der Waals surface area contributed by atoms with Gasteiger partial charge in [0.2, 0.25) is 0 Å². The standard InChI is InChI=1S/C20H22/c1-2-16-8-10-18(11-9-16)20-14-12-19(13-15-20)17-6-4-3-5-7-17/h3-7,10,12-16H,2,8-9,11H2,1H3. The molecule has 0 radical (unpaired) electrons. The van der Waals surface area contributed by atoms with Crippen molar-refractivity contribution in [2.24, 2.45) is 5.92 Å². The molecule has 0 nitrogen and oxygen atoms in total. The van der Waals surface area contributed by atoms with Crippen LogP contribution in [0.15, 0.2) is 60.7 Å². The molecule has 20 heavy (non-hydrogen) atoms. The first kappa shape index (κ1) is 13.2. The average molecular weight is 262 g/mol. The van der Waals surface area contributed by atoms with Crippen LogP contribution in [-0.4, -0.2) is 0 Å². The smallest absolute Gasteiger partial charge is 0.0184 e. The fraction of sp³-hybridized carbons (Fsp3) is 0.300. The molecule has 1 atom stereocenters. The maximum absolute atomic E-state index is 2.45. The second kappa shape index (κ2) is 6.09. The third-order valence-corrected chi connectivity index (χ3v) is 4.46. The van der Waals surface area contributed by atoms with Crippen molar-refractivity contribution < 1.29 is 0 Å².